The molecule has 0 fully saturated rings. The van der Waals surface area contributed by atoms with Gasteiger partial charge in [-0.05, 0) is 42.0 Å². The highest BCUT2D eigenvalue weighted by molar-refractivity contribution is 7.99. The van der Waals surface area contributed by atoms with Crippen molar-refractivity contribution in [2.75, 3.05) is 12.3 Å². The highest BCUT2D eigenvalue weighted by Gasteiger charge is 2.30. The zero-order valence-electron chi connectivity index (χ0n) is 21.9. The number of rotatable bonds is 12. The molecular formula is C31H38N2O2S. The molecule has 4 nitrogen and oxygen atoms in total. The van der Waals surface area contributed by atoms with E-state index < -0.39 is 6.04 Å². The van der Waals surface area contributed by atoms with Crippen LogP contribution < -0.4 is 5.32 Å². The maximum Gasteiger partial charge on any atom is 0.243 e. The van der Waals surface area contributed by atoms with Crippen molar-refractivity contribution >= 4 is 23.6 Å². The summed E-state index contributed by atoms with van der Waals surface area (Å²) in [5.41, 5.74) is 5.63. The second-order valence-corrected chi connectivity index (χ2v) is 10.8. The predicted molar refractivity (Wildman–Crippen MR) is 151 cm³/mol. The number of aryl methyl sites for hydroxylation is 2. The third kappa shape index (κ3) is 8.56. The Bertz CT molecular complexity index is 1130. The molecule has 5 heteroatoms. The molecule has 0 spiro atoms. The van der Waals surface area contributed by atoms with Gasteiger partial charge >= 0.3 is 0 Å². The van der Waals surface area contributed by atoms with E-state index in [-0.39, 0.29) is 11.8 Å². The molecule has 1 N–H and O–H groups in total. The summed E-state index contributed by atoms with van der Waals surface area (Å²) in [6.07, 6.45) is 0.477. The van der Waals surface area contributed by atoms with Gasteiger partial charge in [0.25, 0.3) is 0 Å². The van der Waals surface area contributed by atoms with Crippen molar-refractivity contribution in [3.05, 3.63) is 107 Å². The fourth-order valence-corrected chi connectivity index (χ4v) is 4.95. The molecule has 0 heterocycles. The molecule has 0 aliphatic carbocycles. The average Bonchev–Trinajstić information content (AvgIpc) is 2.86. The van der Waals surface area contributed by atoms with Crippen molar-refractivity contribution in [2.24, 2.45) is 5.92 Å². The first-order chi connectivity index (χ1) is 17.3. The van der Waals surface area contributed by atoms with Gasteiger partial charge in [0.15, 0.2) is 0 Å². The largest absolute Gasteiger partial charge is 0.354 e. The summed E-state index contributed by atoms with van der Waals surface area (Å²) in [7, 11) is 0. The van der Waals surface area contributed by atoms with Gasteiger partial charge < -0.3 is 10.2 Å². The van der Waals surface area contributed by atoms with Crippen LogP contribution in [-0.4, -0.2) is 35.1 Å². The number of benzene rings is 3. The number of nitrogens with zero attached hydrogens (tertiary/aromatic N) is 1. The molecule has 2 amide bonds. The lowest BCUT2D eigenvalue weighted by molar-refractivity contribution is -0.139. The number of hydrogen-bond acceptors (Lipinski definition) is 3. The van der Waals surface area contributed by atoms with Crippen LogP contribution in [0, 0.1) is 19.8 Å². The molecular weight excluding hydrogens is 464 g/mol. The Morgan fingerprint density at radius 1 is 0.889 bits per heavy atom. The van der Waals surface area contributed by atoms with E-state index in [1.165, 1.54) is 11.1 Å². The molecule has 0 saturated carbocycles. The second-order valence-electron chi connectivity index (χ2n) is 9.77. The quantitative estimate of drug-likeness (QED) is 0.333. The van der Waals surface area contributed by atoms with Crippen LogP contribution in [0.2, 0.25) is 0 Å². The number of carbonyl (C=O) groups is 2. The normalized spacial score (nSPS) is 11.8. The Morgan fingerprint density at radius 3 is 2.28 bits per heavy atom. The molecule has 1 atom stereocenters. The summed E-state index contributed by atoms with van der Waals surface area (Å²) in [6.45, 7) is 9.26. The number of hydrogen-bond donors (Lipinski definition) is 1. The number of carbonyl (C=O) groups excluding carboxylic acids is 2. The standard InChI is InChI=1S/C31H38N2O2S/c1-23(2)19-32-31(35)29(18-26-13-6-5-7-14-26)33(20-28-16-9-8-12-25(28)4)30(34)22-36-21-27-15-10-11-24(3)17-27/h5-17,23,29H,18-22H2,1-4H3,(H,32,35)/t29-/m0/s1. The molecule has 0 bridgehead atoms. The molecule has 3 aromatic rings. The third-order valence-electron chi connectivity index (χ3n) is 6.13. The monoisotopic (exact) mass is 502 g/mol. The first-order valence-corrected chi connectivity index (χ1v) is 13.8. The Morgan fingerprint density at radius 2 is 1.58 bits per heavy atom. The molecule has 0 radical (unpaired) electrons. The van der Waals surface area contributed by atoms with Gasteiger partial charge in [0.05, 0.1) is 5.75 Å². The van der Waals surface area contributed by atoms with Gasteiger partial charge in [0, 0.05) is 25.3 Å². The van der Waals surface area contributed by atoms with Gasteiger partial charge in [0.2, 0.25) is 11.8 Å². The van der Waals surface area contributed by atoms with Gasteiger partial charge in [-0.1, -0.05) is 98.3 Å². The van der Waals surface area contributed by atoms with Crippen LogP contribution in [0.3, 0.4) is 0 Å². The highest BCUT2D eigenvalue weighted by atomic mass is 32.2. The van der Waals surface area contributed by atoms with E-state index in [1.807, 2.05) is 54.6 Å². The zero-order valence-corrected chi connectivity index (χ0v) is 22.7. The summed E-state index contributed by atoms with van der Waals surface area (Å²) in [5.74, 6) is 1.29. The van der Waals surface area contributed by atoms with E-state index in [0.29, 0.717) is 31.2 Å². The van der Waals surface area contributed by atoms with E-state index in [0.717, 1.165) is 22.4 Å². The maximum atomic E-state index is 13.7. The Hall–Kier alpha value is -3.05. The smallest absolute Gasteiger partial charge is 0.243 e. The third-order valence-corrected chi connectivity index (χ3v) is 7.12. The molecule has 3 rings (SSSR count). The molecule has 36 heavy (non-hydrogen) atoms. The molecule has 0 aromatic heterocycles. The topological polar surface area (TPSA) is 49.4 Å². The summed E-state index contributed by atoms with van der Waals surface area (Å²) >= 11 is 1.60. The van der Waals surface area contributed by atoms with Gasteiger partial charge in [-0.15, -0.1) is 11.8 Å². The maximum absolute atomic E-state index is 13.7. The van der Waals surface area contributed by atoms with E-state index in [2.05, 4.69) is 57.3 Å². The van der Waals surface area contributed by atoms with Crippen LogP contribution in [0.4, 0.5) is 0 Å². The SMILES string of the molecule is Cc1cccc(CSCC(=O)N(Cc2ccccc2C)[C@@H](Cc2ccccc2)C(=O)NCC(C)C)c1. The van der Waals surface area contributed by atoms with Gasteiger partial charge in [0.1, 0.15) is 6.04 Å². The number of nitrogens with one attached hydrogen (secondary N) is 1. The highest BCUT2D eigenvalue weighted by Crippen LogP contribution is 2.20. The van der Waals surface area contributed by atoms with Gasteiger partial charge in [-0.2, -0.15) is 0 Å². The van der Waals surface area contributed by atoms with Crippen LogP contribution in [0.1, 0.15) is 41.7 Å². The summed E-state index contributed by atoms with van der Waals surface area (Å²) in [4.78, 5) is 29.0. The van der Waals surface area contributed by atoms with Crippen molar-refractivity contribution in [3.8, 4) is 0 Å². The van der Waals surface area contributed by atoms with Crippen LogP contribution in [0.15, 0.2) is 78.9 Å². The Balaban J connectivity index is 1.85. The summed E-state index contributed by atoms with van der Waals surface area (Å²) in [6, 6.07) is 25.8. The molecule has 0 aliphatic heterocycles. The Labute approximate surface area is 220 Å². The predicted octanol–water partition coefficient (Wildman–Crippen LogP) is 5.95. The van der Waals surface area contributed by atoms with E-state index in [1.54, 1.807) is 16.7 Å². The van der Waals surface area contributed by atoms with Crippen molar-refractivity contribution in [3.63, 3.8) is 0 Å². The van der Waals surface area contributed by atoms with Crippen LogP contribution in [0.25, 0.3) is 0 Å². The van der Waals surface area contributed by atoms with Gasteiger partial charge in [-0.3, -0.25) is 9.59 Å². The minimum Gasteiger partial charge on any atom is -0.354 e. The minimum atomic E-state index is -0.585. The van der Waals surface area contributed by atoms with Crippen LogP contribution in [-0.2, 0) is 28.3 Å². The van der Waals surface area contributed by atoms with E-state index in [4.69, 9.17) is 0 Å². The van der Waals surface area contributed by atoms with Crippen molar-refractivity contribution in [2.45, 2.75) is 52.5 Å². The van der Waals surface area contributed by atoms with Crippen LogP contribution >= 0.6 is 11.8 Å². The first-order valence-electron chi connectivity index (χ1n) is 12.6. The summed E-state index contributed by atoms with van der Waals surface area (Å²) < 4.78 is 0. The fraction of sp³-hybridized carbons (Fsp3) is 0.355. The second kappa shape index (κ2) is 13.9. The molecule has 0 aliphatic rings. The molecule has 0 saturated heterocycles. The minimum absolute atomic E-state index is 0.0171. The zero-order chi connectivity index (χ0) is 25.9. The fourth-order valence-electron chi connectivity index (χ4n) is 4.09. The number of amides is 2. The van der Waals surface area contributed by atoms with Crippen molar-refractivity contribution in [1.82, 2.24) is 10.2 Å². The van der Waals surface area contributed by atoms with E-state index in [9.17, 15) is 9.59 Å². The van der Waals surface area contributed by atoms with Crippen molar-refractivity contribution in [1.29, 1.82) is 0 Å². The average molecular weight is 503 g/mol. The lowest BCUT2D eigenvalue weighted by Gasteiger charge is -2.32. The molecule has 0 unspecified atom stereocenters. The van der Waals surface area contributed by atoms with Gasteiger partial charge in [-0.25, -0.2) is 0 Å². The number of thioether (sulfide) groups is 1. The van der Waals surface area contributed by atoms with E-state index >= 15 is 0 Å². The van der Waals surface area contributed by atoms with Crippen LogP contribution in [0.5, 0.6) is 0 Å². The molecule has 190 valence electrons. The lowest BCUT2D eigenvalue weighted by Crippen LogP contribution is -2.51. The summed E-state index contributed by atoms with van der Waals surface area (Å²) in [5, 5.41) is 3.09. The Kier molecular flexibility index (Phi) is 10.6. The first kappa shape index (κ1) is 27.5. The van der Waals surface area contributed by atoms with Crippen molar-refractivity contribution < 1.29 is 9.59 Å². The lowest BCUT2D eigenvalue weighted by atomic mass is 10.0. The molecule has 3 aromatic carbocycles.